The van der Waals surface area contributed by atoms with E-state index in [9.17, 15) is 4.79 Å². The van der Waals surface area contributed by atoms with E-state index in [4.69, 9.17) is 11.6 Å². The second-order valence-corrected chi connectivity index (χ2v) is 4.41. The molecule has 4 nitrogen and oxygen atoms in total. The fraction of sp³-hybridized carbons (Fsp3) is 0.385. The minimum atomic E-state index is -0.339. The van der Waals surface area contributed by atoms with Crippen LogP contribution in [0.3, 0.4) is 0 Å². The maximum Gasteiger partial charge on any atom is 0.337 e. The van der Waals surface area contributed by atoms with Crippen LogP contribution >= 0.6 is 11.6 Å². The number of carbonyl (C=O) groups is 1. The Bertz CT molecular complexity index is 551. The number of hydrogen-bond donors (Lipinski definition) is 0. The Morgan fingerprint density at radius 3 is 3.00 bits per heavy atom. The van der Waals surface area contributed by atoms with Crippen molar-refractivity contribution in [1.29, 1.82) is 0 Å². The highest BCUT2D eigenvalue weighted by Gasteiger charge is 2.08. The average molecular weight is 267 g/mol. The van der Waals surface area contributed by atoms with Crippen LogP contribution in [0.15, 0.2) is 24.5 Å². The molecular formula is C13H15ClN2O2. The lowest BCUT2D eigenvalue weighted by atomic mass is 10.2. The Hall–Kier alpha value is -1.55. The molecule has 1 aromatic carbocycles. The molecule has 2 rings (SSSR count). The third-order valence-electron chi connectivity index (χ3n) is 2.82. The zero-order valence-electron chi connectivity index (χ0n) is 10.2. The van der Waals surface area contributed by atoms with E-state index in [0.29, 0.717) is 11.4 Å². The Morgan fingerprint density at radius 2 is 2.28 bits per heavy atom. The Kier molecular flexibility index (Phi) is 4.20. The second-order valence-electron chi connectivity index (χ2n) is 4.03. The van der Waals surface area contributed by atoms with E-state index >= 15 is 0 Å². The molecule has 0 N–H and O–H groups in total. The third-order valence-corrected chi connectivity index (χ3v) is 3.09. The Balaban J connectivity index is 2.23. The molecule has 0 aliphatic heterocycles. The van der Waals surface area contributed by atoms with Crippen LogP contribution in [0.25, 0.3) is 11.0 Å². The normalized spacial score (nSPS) is 10.8. The minimum absolute atomic E-state index is 0.339. The lowest BCUT2D eigenvalue weighted by Crippen LogP contribution is -2.01. The first-order valence-electron chi connectivity index (χ1n) is 5.85. The van der Waals surface area contributed by atoms with Gasteiger partial charge < -0.3 is 9.30 Å². The maximum absolute atomic E-state index is 11.4. The van der Waals surface area contributed by atoms with Crippen molar-refractivity contribution in [2.75, 3.05) is 13.0 Å². The van der Waals surface area contributed by atoms with Crippen LogP contribution in [-0.2, 0) is 11.3 Å². The minimum Gasteiger partial charge on any atom is -0.465 e. The van der Waals surface area contributed by atoms with Crippen LogP contribution < -0.4 is 0 Å². The molecule has 0 aliphatic carbocycles. The zero-order chi connectivity index (χ0) is 13.0. The summed E-state index contributed by atoms with van der Waals surface area (Å²) in [6, 6.07) is 5.41. The Labute approximate surface area is 111 Å². The number of unbranched alkanes of at least 4 members (excludes halogenated alkanes) is 1. The van der Waals surface area contributed by atoms with Gasteiger partial charge in [-0.1, -0.05) is 0 Å². The summed E-state index contributed by atoms with van der Waals surface area (Å²) in [6.45, 7) is 0.890. The molecule has 0 saturated heterocycles. The van der Waals surface area contributed by atoms with Crippen molar-refractivity contribution >= 4 is 28.6 Å². The highest BCUT2D eigenvalue weighted by Crippen LogP contribution is 2.16. The summed E-state index contributed by atoms with van der Waals surface area (Å²) >= 11 is 5.66. The molecule has 18 heavy (non-hydrogen) atoms. The molecule has 0 bridgehead atoms. The topological polar surface area (TPSA) is 44.1 Å². The number of nitrogens with zero attached hydrogens (tertiary/aromatic N) is 2. The molecule has 0 aliphatic rings. The van der Waals surface area contributed by atoms with Crippen molar-refractivity contribution in [2.45, 2.75) is 19.4 Å². The number of imidazole rings is 1. The monoisotopic (exact) mass is 266 g/mol. The number of esters is 1. The van der Waals surface area contributed by atoms with Crippen molar-refractivity contribution in [3.8, 4) is 0 Å². The molecule has 1 heterocycles. The van der Waals surface area contributed by atoms with E-state index in [1.54, 1.807) is 18.5 Å². The molecule has 0 fully saturated rings. The van der Waals surface area contributed by atoms with Gasteiger partial charge in [-0.2, -0.15) is 0 Å². The van der Waals surface area contributed by atoms with Gasteiger partial charge in [-0.15, -0.1) is 11.6 Å². The van der Waals surface area contributed by atoms with Crippen LogP contribution in [0.1, 0.15) is 23.2 Å². The van der Waals surface area contributed by atoms with Crippen molar-refractivity contribution in [1.82, 2.24) is 9.55 Å². The van der Waals surface area contributed by atoms with Crippen LogP contribution in [0.5, 0.6) is 0 Å². The van der Waals surface area contributed by atoms with Gasteiger partial charge in [0.1, 0.15) is 0 Å². The molecule has 0 unspecified atom stereocenters. The van der Waals surface area contributed by atoms with Gasteiger partial charge in [0, 0.05) is 12.4 Å². The average Bonchev–Trinajstić information content (AvgIpc) is 2.80. The van der Waals surface area contributed by atoms with E-state index in [-0.39, 0.29) is 5.97 Å². The molecule has 1 aromatic heterocycles. The van der Waals surface area contributed by atoms with Gasteiger partial charge in [-0.25, -0.2) is 9.78 Å². The van der Waals surface area contributed by atoms with Crippen molar-refractivity contribution in [2.24, 2.45) is 0 Å². The first-order chi connectivity index (χ1) is 8.76. The van der Waals surface area contributed by atoms with E-state index in [1.165, 1.54) is 7.11 Å². The van der Waals surface area contributed by atoms with E-state index in [0.717, 1.165) is 30.4 Å². The van der Waals surface area contributed by atoms with Gasteiger partial charge >= 0.3 is 5.97 Å². The molecule has 96 valence electrons. The van der Waals surface area contributed by atoms with Crippen LogP contribution in [-0.4, -0.2) is 28.5 Å². The lowest BCUT2D eigenvalue weighted by Gasteiger charge is -2.03. The SMILES string of the molecule is COC(=O)c1ccc2c(c1)ncn2CCCCCl. The van der Waals surface area contributed by atoms with E-state index < -0.39 is 0 Å². The summed E-state index contributed by atoms with van der Waals surface area (Å²) in [7, 11) is 1.37. The van der Waals surface area contributed by atoms with Gasteiger partial charge in [-0.3, -0.25) is 0 Å². The van der Waals surface area contributed by atoms with Crippen molar-refractivity contribution < 1.29 is 9.53 Å². The van der Waals surface area contributed by atoms with E-state index in [2.05, 4.69) is 14.3 Å². The molecule has 2 aromatic rings. The number of rotatable bonds is 5. The number of hydrogen-bond acceptors (Lipinski definition) is 3. The van der Waals surface area contributed by atoms with Crippen LogP contribution in [0.4, 0.5) is 0 Å². The van der Waals surface area contributed by atoms with Crippen LogP contribution in [0, 0.1) is 0 Å². The molecule has 0 saturated carbocycles. The summed E-state index contributed by atoms with van der Waals surface area (Å²) in [5, 5.41) is 0. The highest BCUT2D eigenvalue weighted by molar-refractivity contribution is 6.17. The number of aryl methyl sites for hydroxylation is 1. The van der Waals surface area contributed by atoms with Gasteiger partial charge in [0.05, 0.1) is 30.0 Å². The van der Waals surface area contributed by atoms with Crippen molar-refractivity contribution in [3.63, 3.8) is 0 Å². The molecule has 0 radical (unpaired) electrons. The standard InChI is InChI=1S/C13H15ClN2O2/c1-18-13(17)10-4-5-12-11(8-10)15-9-16(12)7-3-2-6-14/h4-5,8-9H,2-3,6-7H2,1H3. The summed E-state index contributed by atoms with van der Waals surface area (Å²) in [5.74, 6) is 0.340. The van der Waals surface area contributed by atoms with Crippen LogP contribution in [0.2, 0.25) is 0 Å². The smallest absolute Gasteiger partial charge is 0.337 e. The number of fused-ring (bicyclic) bond motifs is 1. The number of carbonyl (C=O) groups excluding carboxylic acids is 1. The molecule has 0 spiro atoms. The third kappa shape index (κ3) is 2.64. The predicted molar refractivity (Wildman–Crippen MR) is 71.0 cm³/mol. The molecule has 0 atom stereocenters. The number of halogens is 1. The largest absolute Gasteiger partial charge is 0.465 e. The van der Waals surface area contributed by atoms with E-state index in [1.807, 2.05) is 6.07 Å². The fourth-order valence-corrected chi connectivity index (χ4v) is 2.05. The van der Waals surface area contributed by atoms with Gasteiger partial charge in [-0.05, 0) is 31.0 Å². The number of methoxy groups -OCH3 is 1. The highest BCUT2D eigenvalue weighted by atomic mass is 35.5. The number of alkyl halides is 1. The first-order valence-corrected chi connectivity index (χ1v) is 6.39. The zero-order valence-corrected chi connectivity index (χ0v) is 11.0. The van der Waals surface area contributed by atoms with Gasteiger partial charge in [0.2, 0.25) is 0 Å². The lowest BCUT2D eigenvalue weighted by molar-refractivity contribution is 0.0601. The second kappa shape index (κ2) is 5.87. The van der Waals surface area contributed by atoms with Gasteiger partial charge in [0.25, 0.3) is 0 Å². The van der Waals surface area contributed by atoms with Crippen molar-refractivity contribution in [3.05, 3.63) is 30.1 Å². The summed E-state index contributed by atoms with van der Waals surface area (Å²) < 4.78 is 6.76. The van der Waals surface area contributed by atoms with Gasteiger partial charge in [0.15, 0.2) is 0 Å². The predicted octanol–water partition coefficient (Wildman–Crippen LogP) is 2.84. The number of aromatic nitrogens is 2. The number of benzene rings is 1. The Morgan fingerprint density at radius 1 is 1.44 bits per heavy atom. The molecule has 0 amide bonds. The fourth-order valence-electron chi connectivity index (χ4n) is 1.86. The first kappa shape index (κ1) is 12.9. The summed E-state index contributed by atoms with van der Waals surface area (Å²) in [5.41, 5.74) is 2.36. The number of ether oxygens (including phenoxy) is 1. The molecular weight excluding hydrogens is 252 g/mol. The summed E-state index contributed by atoms with van der Waals surface area (Å²) in [4.78, 5) is 15.7. The summed E-state index contributed by atoms with van der Waals surface area (Å²) in [6.07, 6.45) is 3.80. The quantitative estimate of drug-likeness (QED) is 0.475. The maximum atomic E-state index is 11.4. The molecule has 5 heteroatoms.